The van der Waals surface area contributed by atoms with E-state index in [-0.39, 0.29) is 23.6 Å². The van der Waals surface area contributed by atoms with Crippen molar-refractivity contribution in [3.05, 3.63) is 71.3 Å². The first kappa shape index (κ1) is 23.4. The molecule has 160 valence electrons. The number of nitrogens with zero attached hydrogens (tertiary/aromatic N) is 2. The molecule has 1 unspecified atom stereocenters. The quantitative estimate of drug-likeness (QED) is 0.512. The lowest BCUT2D eigenvalue weighted by molar-refractivity contribution is -0.116. The molecule has 1 heterocycles. The van der Waals surface area contributed by atoms with Crippen LogP contribution in [0.1, 0.15) is 43.2 Å². The highest BCUT2D eigenvalue weighted by Gasteiger charge is 2.17. The summed E-state index contributed by atoms with van der Waals surface area (Å²) in [5.41, 5.74) is 2.53. The fourth-order valence-electron chi connectivity index (χ4n) is 2.71. The van der Waals surface area contributed by atoms with E-state index >= 15 is 0 Å². The van der Waals surface area contributed by atoms with E-state index in [1.807, 2.05) is 12.1 Å². The average molecular weight is 432 g/mol. The van der Waals surface area contributed by atoms with E-state index in [0.717, 1.165) is 15.6 Å². The molecule has 0 aliphatic carbocycles. The molecule has 2 rings (SSSR count). The fourth-order valence-corrected chi connectivity index (χ4v) is 3.06. The Kier molecular flexibility index (Phi) is 7.64. The summed E-state index contributed by atoms with van der Waals surface area (Å²) in [6.07, 6.45) is 6.13. The van der Waals surface area contributed by atoms with E-state index in [1.54, 1.807) is 18.3 Å². The van der Waals surface area contributed by atoms with Gasteiger partial charge in [0.2, 0.25) is 5.91 Å². The molecule has 0 spiro atoms. The number of aromatic nitrogens is 1. The molecule has 8 heteroatoms. The van der Waals surface area contributed by atoms with Crippen molar-refractivity contribution in [2.24, 2.45) is 0 Å². The van der Waals surface area contributed by atoms with Gasteiger partial charge in [-0.15, -0.1) is 0 Å². The second-order valence-electron chi connectivity index (χ2n) is 7.73. The lowest BCUT2D eigenvalue weighted by Gasteiger charge is -2.18. The van der Waals surface area contributed by atoms with E-state index in [1.165, 1.54) is 25.3 Å². The highest BCUT2D eigenvalue weighted by atomic mass is 32.2. The maximum absolute atomic E-state index is 14.4. The molecule has 30 heavy (non-hydrogen) atoms. The summed E-state index contributed by atoms with van der Waals surface area (Å²) in [5, 5.41) is 2.68. The second kappa shape index (κ2) is 9.77. The highest BCUT2D eigenvalue weighted by Crippen LogP contribution is 2.27. The maximum atomic E-state index is 14.4. The molecule has 1 aromatic heterocycles. The van der Waals surface area contributed by atoms with Crippen molar-refractivity contribution in [1.29, 1.82) is 0 Å². The Morgan fingerprint density at radius 2 is 2.07 bits per heavy atom. The monoisotopic (exact) mass is 431 g/mol. The Bertz CT molecular complexity index is 982. The average Bonchev–Trinajstić information content (AvgIpc) is 2.69. The van der Waals surface area contributed by atoms with Crippen LogP contribution in [0.25, 0.3) is 12.2 Å². The molecule has 0 aliphatic rings. The molecule has 0 fully saturated rings. The number of benzene rings is 1. The lowest BCUT2D eigenvalue weighted by Crippen LogP contribution is -2.23. The van der Waals surface area contributed by atoms with Crippen LogP contribution in [0.5, 0.6) is 0 Å². The number of carbonyl (C=O) groups is 1. The molecule has 2 N–H and O–H groups in total. The third-order valence-corrected chi connectivity index (χ3v) is 5.02. The molecule has 0 radical (unpaired) electrons. The minimum atomic E-state index is -2.37. The van der Waals surface area contributed by atoms with E-state index in [2.05, 4.69) is 37.7 Å². The molecule has 6 nitrogen and oxygen atoms in total. The van der Waals surface area contributed by atoms with E-state index < -0.39 is 17.1 Å². The van der Waals surface area contributed by atoms with Gasteiger partial charge in [-0.2, -0.15) is 0 Å². The first-order valence-electron chi connectivity index (χ1n) is 9.25. The summed E-state index contributed by atoms with van der Waals surface area (Å²) in [6.45, 7) is 9.94. The van der Waals surface area contributed by atoms with Gasteiger partial charge in [-0.1, -0.05) is 39.5 Å². The molecular formula is C22H26FN3O3S. The lowest BCUT2D eigenvalue weighted by atomic mass is 9.91. The van der Waals surface area contributed by atoms with Gasteiger partial charge in [-0.3, -0.25) is 18.6 Å². The van der Waals surface area contributed by atoms with Crippen molar-refractivity contribution in [3.63, 3.8) is 0 Å². The van der Waals surface area contributed by atoms with Gasteiger partial charge in [0.05, 0.1) is 5.69 Å². The van der Waals surface area contributed by atoms with E-state index in [0.29, 0.717) is 11.1 Å². The molecule has 1 amide bonds. The number of nitrogens with one attached hydrogen (secondary N) is 1. The van der Waals surface area contributed by atoms with Crippen LogP contribution in [-0.2, 0) is 28.0 Å². The number of hydrogen-bond donors (Lipinski definition) is 2. The number of carbonyl (C=O) groups excluding carboxylic acids is 1. The van der Waals surface area contributed by atoms with Crippen LogP contribution in [0.3, 0.4) is 0 Å². The number of halogens is 1. The smallest absolute Gasteiger partial charge is 0.261 e. The van der Waals surface area contributed by atoms with E-state index in [9.17, 15) is 17.9 Å². The molecule has 1 aromatic carbocycles. The molecule has 0 aliphatic heterocycles. The Balaban J connectivity index is 2.05. The summed E-state index contributed by atoms with van der Waals surface area (Å²) >= 11 is -2.37. The zero-order valence-electron chi connectivity index (χ0n) is 17.5. The van der Waals surface area contributed by atoms with Crippen LogP contribution in [-0.4, -0.2) is 26.7 Å². The van der Waals surface area contributed by atoms with Gasteiger partial charge < -0.3 is 5.32 Å². The zero-order chi connectivity index (χ0) is 22.5. The summed E-state index contributed by atoms with van der Waals surface area (Å²) in [5.74, 6) is -1.02. The standard InChI is InChI=1S/C22H26FN3O3S/c1-6-17-11-16(12-18(23)21(17)26(5)30(28)29)14-25-20(27)10-8-15-7-9-19(24-13-15)22(2,3)4/h6-13H,1,14H2,2-5H3,(H,25,27)(H,28,29). The SMILES string of the molecule is C=Cc1cc(CNC(=O)C=Cc2ccc(C(C)(C)C)nc2)cc(F)c1N(C)S(=O)O. The number of pyridine rings is 1. The Morgan fingerprint density at radius 1 is 1.37 bits per heavy atom. The van der Waals surface area contributed by atoms with Crippen LogP contribution >= 0.6 is 0 Å². The normalized spacial score (nSPS) is 12.6. The molecular weight excluding hydrogens is 405 g/mol. The van der Waals surface area contributed by atoms with Crippen molar-refractivity contribution in [2.45, 2.75) is 32.7 Å². The van der Waals surface area contributed by atoms with Gasteiger partial charge in [0, 0.05) is 42.5 Å². The summed E-state index contributed by atoms with van der Waals surface area (Å²) in [6, 6.07) is 6.64. The van der Waals surface area contributed by atoms with Crippen LogP contribution in [0.15, 0.2) is 43.1 Å². The van der Waals surface area contributed by atoms with Crippen LogP contribution in [0, 0.1) is 5.82 Å². The van der Waals surface area contributed by atoms with Crippen molar-refractivity contribution < 1.29 is 17.9 Å². The predicted molar refractivity (Wildman–Crippen MR) is 119 cm³/mol. The van der Waals surface area contributed by atoms with Crippen molar-refractivity contribution in [3.8, 4) is 0 Å². The van der Waals surface area contributed by atoms with Gasteiger partial charge in [-0.25, -0.2) is 8.60 Å². The number of anilines is 1. The number of hydrogen-bond acceptors (Lipinski definition) is 3. The maximum Gasteiger partial charge on any atom is 0.261 e. The molecule has 0 saturated heterocycles. The Labute approximate surface area is 178 Å². The van der Waals surface area contributed by atoms with Gasteiger partial charge in [0.15, 0.2) is 0 Å². The third kappa shape index (κ3) is 6.08. The van der Waals surface area contributed by atoms with Gasteiger partial charge >= 0.3 is 0 Å². The molecule has 0 bridgehead atoms. The van der Waals surface area contributed by atoms with Crippen molar-refractivity contribution >= 4 is 35.0 Å². The summed E-state index contributed by atoms with van der Waals surface area (Å²) in [7, 11) is 1.30. The third-order valence-electron chi connectivity index (χ3n) is 4.37. The largest absolute Gasteiger partial charge is 0.348 e. The van der Waals surface area contributed by atoms with Crippen LogP contribution < -0.4 is 9.62 Å². The second-order valence-corrected chi connectivity index (χ2v) is 8.73. The number of amides is 1. The molecule has 2 aromatic rings. The Morgan fingerprint density at radius 3 is 2.60 bits per heavy atom. The summed E-state index contributed by atoms with van der Waals surface area (Å²) in [4.78, 5) is 16.5. The minimum Gasteiger partial charge on any atom is -0.348 e. The van der Waals surface area contributed by atoms with Crippen molar-refractivity contribution in [1.82, 2.24) is 10.3 Å². The van der Waals surface area contributed by atoms with Gasteiger partial charge in [-0.05, 0) is 35.4 Å². The van der Waals surface area contributed by atoms with Gasteiger partial charge in [0.1, 0.15) is 5.82 Å². The minimum absolute atomic E-state index is 0.0352. The van der Waals surface area contributed by atoms with Gasteiger partial charge in [0.25, 0.3) is 11.3 Å². The Hall–Kier alpha value is -2.84. The first-order valence-corrected chi connectivity index (χ1v) is 10.3. The predicted octanol–water partition coefficient (Wildman–Crippen LogP) is 4.06. The highest BCUT2D eigenvalue weighted by molar-refractivity contribution is 7.80. The topological polar surface area (TPSA) is 82.5 Å². The van der Waals surface area contributed by atoms with Crippen LogP contribution in [0.4, 0.5) is 10.1 Å². The molecule has 1 atom stereocenters. The van der Waals surface area contributed by atoms with Crippen LogP contribution in [0.2, 0.25) is 0 Å². The first-order chi connectivity index (χ1) is 14.0. The van der Waals surface area contributed by atoms with E-state index in [4.69, 9.17) is 0 Å². The number of rotatable bonds is 7. The summed E-state index contributed by atoms with van der Waals surface area (Å²) < 4.78 is 35.8. The molecule has 0 saturated carbocycles. The zero-order valence-corrected chi connectivity index (χ0v) is 18.3. The van der Waals surface area contributed by atoms with Crippen molar-refractivity contribution in [2.75, 3.05) is 11.4 Å². The fraction of sp³-hybridized carbons (Fsp3) is 0.273.